The van der Waals surface area contributed by atoms with Gasteiger partial charge in [0.25, 0.3) is 5.91 Å². The van der Waals surface area contributed by atoms with E-state index in [4.69, 9.17) is 4.74 Å². The molecule has 0 fully saturated rings. The van der Waals surface area contributed by atoms with Gasteiger partial charge in [0.1, 0.15) is 0 Å². The third-order valence-electron chi connectivity index (χ3n) is 3.69. The van der Waals surface area contributed by atoms with Gasteiger partial charge in [-0.2, -0.15) is 9.90 Å². The minimum absolute atomic E-state index is 0.0976. The number of benzene rings is 1. The van der Waals surface area contributed by atoms with Gasteiger partial charge in [0.15, 0.2) is 11.8 Å². The van der Waals surface area contributed by atoms with E-state index in [1.165, 1.54) is 11.7 Å². The fraction of sp³-hybridized carbons (Fsp3) is 0.474. The van der Waals surface area contributed by atoms with E-state index >= 15 is 0 Å². The molecule has 1 aromatic carbocycles. The van der Waals surface area contributed by atoms with Gasteiger partial charge >= 0.3 is 5.97 Å². The van der Waals surface area contributed by atoms with Gasteiger partial charge in [-0.1, -0.05) is 17.7 Å². The molecule has 0 spiro atoms. The molecule has 0 saturated carbocycles. The van der Waals surface area contributed by atoms with Crippen molar-refractivity contribution in [3.63, 3.8) is 0 Å². The van der Waals surface area contributed by atoms with E-state index in [0.717, 1.165) is 16.8 Å². The van der Waals surface area contributed by atoms with Crippen LogP contribution in [0.2, 0.25) is 0 Å². The predicted molar refractivity (Wildman–Crippen MR) is 98.3 cm³/mol. The van der Waals surface area contributed by atoms with E-state index in [2.05, 4.69) is 15.5 Å². The summed E-state index contributed by atoms with van der Waals surface area (Å²) in [5.41, 5.74) is 3.06. The van der Waals surface area contributed by atoms with Crippen molar-refractivity contribution in [2.24, 2.45) is 0 Å². The Morgan fingerprint density at radius 1 is 1.15 bits per heavy atom. The fourth-order valence-electron chi connectivity index (χ4n) is 2.45. The summed E-state index contributed by atoms with van der Waals surface area (Å²) in [5.74, 6) is -1.03. The Labute approximate surface area is 153 Å². The van der Waals surface area contributed by atoms with E-state index in [-0.39, 0.29) is 11.6 Å². The van der Waals surface area contributed by atoms with Crippen LogP contribution >= 0.6 is 0 Å². The molecular weight excluding hydrogens is 332 g/mol. The summed E-state index contributed by atoms with van der Waals surface area (Å²) in [7, 11) is 0. The number of carbonyl (C=O) groups excluding carboxylic acids is 2. The highest BCUT2D eigenvalue weighted by Crippen LogP contribution is 2.16. The number of aryl methyl sites for hydroxylation is 3. The smallest absolute Gasteiger partial charge is 0.361 e. The Morgan fingerprint density at radius 2 is 1.81 bits per heavy atom. The summed E-state index contributed by atoms with van der Waals surface area (Å²) in [6, 6.07) is 5.88. The van der Waals surface area contributed by atoms with Crippen LogP contribution in [0.4, 0.5) is 0 Å². The van der Waals surface area contributed by atoms with E-state index < -0.39 is 17.6 Å². The first kappa shape index (κ1) is 19.6. The summed E-state index contributed by atoms with van der Waals surface area (Å²) in [6.07, 6.45) is -0.924. The van der Waals surface area contributed by atoms with E-state index in [1.54, 1.807) is 6.92 Å². The summed E-state index contributed by atoms with van der Waals surface area (Å²) >= 11 is 0. The lowest BCUT2D eigenvalue weighted by Gasteiger charge is -2.23. The molecule has 0 radical (unpaired) electrons. The quantitative estimate of drug-likeness (QED) is 0.849. The Kier molecular flexibility index (Phi) is 5.49. The van der Waals surface area contributed by atoms with Crippen LogP contribution in [0.5, 0.6) is 0 Å². The summed E-state index contributed by atoms with van der Waals surface area (Å²) in [4.78, 5) is 25.9. The lowest BCUT2D eigenvalue weighted by atomic mass is 10.1. The Hall–Kier alpha value is -2.70. The van der Waals surface area contributed by atoms with Crippen molar-refractivity contribution in [3.05, 3.63) is 40.7 Å². The molecule has 0 bridgehead atoms. The zero-order valence-electron chi connectivity index (χ0n) is 16.4. The largest absolute Gasteiger partial charge is 0.448 e. The fourth-order valence-corrected chi connectivity index (χ4v) is 2.45. The monoisotopic (exact) mass is 358 g/mol. The van der Waals surface area contributed by atoms with E-state index in [9.17, 15) is 9.59 Å². The molecule has 140 valence electrons. The van der Waals surface area contributed by atoms with E-state index in [1.807, 2.05) is 52.8 Å². The molecule has 0 aliphatic rings. The molecule has 2 rings (SSSR count). The topological polar surface area (TPSA) is 86.1 Å². The number of nitrogens with zero attached hydrogens (tertiary/aromatic N) is 3. The zero-order valence-corrected chi connectivity index (χ0v) is 16.4. The average Bonchev–Trinajstić information content (AvgIpc) is 2.87. The van der Waals surface area contributed by atoms with Crippen LogP contribution in [-0.4, -0.2) is 38.5 Å². The lowest BCUT2D eigenvalue weighted by molar-refractivity contribution is -0.130. The van der Waals surface area contributed by atoms with Gasteiger partial charge in [-0.3, -0.25) is 4.79 Å². The molecule has 26 heavy (non-hydrogen) atoms. The number of rotatable bonds is 4. The van der Waals surface area contributed by atoms with Crippen molar-refractivity contribution in [1.29, 1.82) is 0 Å². The standard InChI is InChI=1S/C19H26N4O3/c1-11-8-9-15(12(2)10-11)23-21-13(3)16(22-23)18(25)26-14(4)17(24)20-19(5,6)7/h8-10,14H,1-7H3,(H,20,24)/t14-/m1/s1. The Balaban J connectivity index is 2.18. The van der Waals surface area contributed by atoms with Gasteiger partial charge in [-0.25, -0.2) is 4.79 Å². The van der Waals surface area contributed by atoms with E-state index in [0.29, 0.717) is 5.69 Å². The van der Waals surface area contributed by atoms with Gasteiger partial charge in [-0.05, 0) is 60.1 Å². The highest BCUT2D eigenvalue weighted by molar-refractivity contribution is 5.91. The maximum Gasteiger partial charge on any atom is 0.361 e. The number of carbonyl (C=O) groups is 2. The summed E-state index contributed by atoms with van der Waals surface area (Å²) < 4.78 is 5.26. The Morgan fingerprint density at radius 3 is 2.38 bits per heavy atom. The molecule has 0 aliphatic carbocycles. The van der Waals surface area contributed by atoms with Crippen LogP contribution in [0.3, 0.4) is 0 Å². The number of hydrogen-bond donors (Lipinski definition) is 1. The Bertz CT molecular complexity index is 834. The molecule has 7 nitrogen and oxygen atoms in total. The molecule has 0 unspecified atom stereocenters. The average molecular weight is 358 g/mol. The van der Waals surface area contributed by atoms with Crippen LogP contribution in [0.15, 0.2) is 18.2 Å². The minimum atomic E-state index is -0.924. The van der Waals surface area contributed by atoms with Gasteiger partial charge in [0, 0.05) is 5.54 Å². The molecule has 1 atom stereocenters. The summed E-state index contributed by atoms with van der Waals surface area (Å²) in [6.45, 7) is 12.8. The van der Waals surface area contributed by atoms with Gasteiger partial charge in [-0.15, -0.1) is 5.10 Å². The number of nitrogens with one attached hydrogen (secondary N) is 1. The molecule has 0 saturated heterocycles. The first-order valence-corrected chi connectivity index (χ1v) is 8.52. The molecule has 1 heterocycles. The first-order valence-electron chi connectivity index (χ1n) is 8.52. The molecule has 2 aromatic rings. The minimum Gasteiger partial charge on any atom is -0.448 e. The van der Waals surface area contributed by atoms with Gasteiger partial charge in [0.05, 0.1) is 11.4 Å². The van der Waals surface area contributed by atoms with Gasteiger partial charge in [0.2, 0.25) is 0 Å². The van der Waals surface area contributed by atoms with Crippen molar-refractivity contribution in [2.75, 3.05) is 0 Å². The molecule has 1 aromatic heterocycles. The maximum absolute atomic E-state index is 12.4. The number of amides is 1. The number of aromatic nitrogens is 3. The van der Waals surface area contributed by atoms with Crippen molar-refractivity contribution in [3.8, 4) is 5.69 Å². The third kappa shape index (κ3) is 4.68. The molecule has 1 amide bonds. The second kappa shape index (κ2) is 7.27. The molecule has 0 aliphatic heterocycles. The lowest BCUT2D eigenvalue weighted by Crippen LogP contribution is -2.46. The predicted octanol–water partition coefficient (Wildman–Crippen LogP) is 2.65. The second-order valence-corrected chi connectivity index (χ2v) is 7.50. The molecular formula is C19H26N4O3. The number of esters is 1. The van der Waals surface area contributed by atoms with Crippen LogP contribution < -0.4 is 5.32 Å². The first-order chi connectivity index (χ1) is 12.0. The number of hydrogen-bond acceptors (Lipinski definition) is 5. The third-order valence-corrected chi connectivity index (χ3v) is 3.69. The van der Waals surface area contributed by atoms with Crippen molar-refractivity contribution in [2.45, 2.75) is 60.1 Å². The SMILES string of the molecule is Cc1ccc(-n2nc(C)c(C(=O)O[C@H](C)C(=O)NC(C)(C)C)n2)c(C)c1. The summed E-state index contributed by atoms with van der Waals surface area (Å²) in [5, 5.41) is 11.3. The maximum atomic E-state index is 12.4. The second-order valence-electron chi connectivity index (χ2n) is 7.50. The van der Waals surface area contributed by atoms with Crippen LogP contribution in [0, 0.1) is 20.8 Å². The van der Waals surface area contributed by atoms with Crippen LogP contribution in [0.25, 0.3) is 5.69 Å². The number of ether oxygens (including phenoxy) is 1. The molecule has 7 heteroatoms. The highest BCUT2D eigenvalue weighted by Gasteiger charge is 2.25. The van der Waals surface area contributed by atoms with Crippen LogP contribution in [0.1, 0.15) is 55.0 Å². The van der Waals surface area contributed by atoms with Crippen molar-refractivity contribution in [1.82, 2.24) is 20.3 Å². The van der Waals surface area contributed by atoms with Crippen molar-refractivity contribution >= 4 is 11.9 Å². The molecule has 1 N–H and O–H groups in total. The van der Waals surface area contributed by atoms with Crippen molar-refractivity contribution < 1.29 is 14.3 Å². The van der Waals surface area contributed by atoms with Crippen LogP contribution in [-0.2, 0) is 9.53 Å². The normalized spacial score (nSPS) is 12.6. The van der Waals surface area contributed by atoms with Gasteiger partial charge < -0.3 is 10.1 Å². The zero-order chi connectivity index (χ0) is 19.6. The highest BCUT2D eigenvalue weighted by atomic mass is 16.5.